The van der Waals surface area contributed by atoms with Gasteiger partial charge in [0.1, 0.15) is 5.69 Å². The second-order valence-electron chi connectivity index (χ2n) is 3.45. The van der Waals surface area contributed by atoms with Crippen molar-refractivity contribution in [1.82, 2.24) is 0 Å². The highest BCUT2D eigenvalue weighted by Crippen LogP contribution is 2.24. The van der Waals surface area contributed by atoms with Crippen LogP contribution in [0.3, 0.4) is 0 Å². The van der Waals surface area contributed by atoms with E-state index in [0.717, 1.165) is 25.1 Å². The van der Waals surface area contributed by atoms with E-state index in [1.165, 1.54) is 6.07 Å². The first kappa shape index (κ1) is 15.5. The van der Waals surface area contributed by atoms with E-state index < -0.39 is 4.92 Å². The lowest BCUT2D eigenvalue weighted by Crippen LogP contribution is -2.06. The van der Waals surface area contributed by atoms with E-state index in [-0.39, 0.29) is 23.8 Å². The largest absolute Gasteiger partial charge is 0.393 e. The fourth-order valence-corrected chi connectivity index (χ4v) is 1.33. The van der Waals surface area contributed by atoms with Crippen molar-refractivity contribution in [2.75, 3.05) is 24.1 Å². The Morgan fingerprint density at radius 3 is 2.59 bits per heavy atom. The molecule has 1 aromatic carbocycles. The Bertz CT molecular complexity index is 373. The average molecular weight is 261 g/mol. The van der Waals surface area contributed by atoms with Gasteiger partial charge in [-0.15, -0.1) is 12.4 Å². The summed E-state index contributed by atoms with van der Waals surface area (Å²) in [5, 5.41) is 13.7. The Labute approximate surface area is 106 Å². The molecule has 0 unspecified atom stereocenters. The number of nitro benzene ring substituents is 1. The van der Waals surface area contributed by atoms with Crippen LogP contribution in [-0.2, 0) is 0 Å². The number of benzene rings is 1. The number of nitrogens with zero attached hydrogens (tertiary/aromatic N) is 1. The number of nitrogens with one attached hydrogen (secondary N) is 1. The number of halogens is 1. The molecule has 6 nitrogen and oxygen atoms in total. The Morgan fingerprint density at radius 1 is 1.35 bits per heavy atom. The maximum Gasteiger partial charge on any atom is 0.292 e. The summed E-state index contributed by atoms with van der Waals surface area (Å²) >= 11 is 0. The molecule has 1 rings (SSSR count). The lowest BCUT2D eigenvalue weighted by molar-refractivity contribution is -0.383. The molecule has 0 spiro atoms. The number of nitro groups is 1. The number of nitrogens with two attached hydrogens (primary N) is 2. The normalized spacial score (nSPS) is 9.47. The van der Waals surface area contributed by atoms with Gasteiger partial charge >= 0.3 is 0 Å². The van der Waals surface area contributed by atoms with Crippen molar-refractivity contribution in [1.29, 1.82) is 0 Å². The van der Waals surface area contributed by atoms with Crippen LogP contribution in [0, 0.1) is 10.1 Å². The third-order valence-electron chi connectivity index (χ3n) is 2.18. The Balaban J connectivity index is 0.00000256. The Morgan fingerprint density at radius 2 is 2.06 bits per heavy atom. The van der Waals surface area contributed by atoms with Crippen molar-refractivity contribution in [2.24, 2.45) is 5.73 Å². The fraction of sp³-hybridized carbons (Fsp3) is 0.400. The average Bonchev–Trinajstić information content (AvgIpc) is 2.24. The van der Waals surface area contributed by atoms with Crippen molar-refractivity contribution >= 4 is 29.5 Å². The summed E-state index contributed by atoms with van der Waals surface area (Å²) in [6.07, 6.45) is 1.92. The Hall–Kier alpha value is -1.53. The van der Waals surface area contributed by atoms with Gasteiger partial charge in [0.15, 0.2) is 0 Å². The van der Waals surface area contributed by atoms with Gasteiger partial charge in [0.2, 0.25) is 0 Å². The number of rotatable bonds is 6. The minimum absolute atomic E-state index is 0. The molecule has 0 radical (unpaired) electrons. The van der Waals surface area contributed by atoms with E-state index in [0.29, 0.717) is 6.54 Å². The van der Waals surface area contributed by atoms with Gasteiger partial charge in [-0.2, -0.15) is 0 Å². The van der Waals surface area contributed by atoms with Gasteiger partial charge in [-0.05, 0) is 31.5 Å². The molecule has 0 saturated carbocycles. The highest BCUT2D eigenvalue weighted by molar-refractivity contribution is 5.85. The first-order valence-corrected chi connectivity index (χ1v) is 5.13. The predicted molar refractivity (Wildman–Crippen MR) is 71.5 cm³/mol. The molecule has 0 heterocycles. The van der Waals surface area contributed by atoms with E-state index in [4.69, 9.17) is 11.5 Å². The highest BCUT2D eigenvalue weighted by atomic mass is 35.5. The van der Waals surface area contributed by atoms with Crippen LogP contribution in [0.25, 0.3) is 0 Å². The van der Waals surface area contributed by atoms with Crippen LogP contribution in [0.1, 0.15) is 12.8 Å². The molecule has 0 fully saturated rings. The van der Waals surface area contributed by atoms with Crippen molar-refractivity contribution in [3.63, 3.8) is 0 Å². The second kappa shape index (κ2) is 7.70. The SMILES string of the molecule is Cl.NCCCCNc1ccc([N+](=O)[O-])c(N)c1. The van der Waals surface area contributed by atoms with Gasteiger partial charge < -0.3 is 16.8 Å². The zero-order chi connectivity index (χ0) is 12.0. The van der Waals surface area contributed by atoms with E-state index >= 15 is 0 Å². The zero-order valence-electron chi connectivity index (χ0n) is 9.39. The molecule has 0 aliphatic carbocycles. The van der Waals surface area contributed by atoms with Gasteiger partial charge in [0, 0.05) is 18.3 Å². The van der Waals surface area contributed by atoms with Crippen molar-refractivity contribution < 1.29 is 4.92 Å². The molecule has 0 aliphatic rings. The minimum Gasteiger partial charge on any atom is -0.393 e. The molecule has 96 valence electrons. The molecule has 5 N–H and O–H groups in total. The first-order chi connectivity index (χ1) is 7.65. The number of unbranched alkanes of at least 4 members (excludes halogenated alkanes) is 1. The molecular weight excluding hydrogens is 244 g/mol. The summed E-state index contributed by atoms with van der Waals surface area (Å²) in [5.41, 5.74) is 11.8. The smallest absolute Gasteiger partial charge is 0.292 e. The summed E-state index contributed by atoms with van der Waals surface area (Å²) < 4.78 is 0. The molecule has 1 aromatic rings. The monoisotopic (exact) mass is 260 g/mol. The predicted octanol–water partition coefficient (Wildman–Crippen LogP) is 1.75. The Kier molecular flexibility index (Phi) is 7.00. The maximum absolute atomic E-state index is 10.5. The first-order valence-electron chi connectivity index (χ1n) is 5.13. The van der Waals surface area contributed by atoms with Crippen molar-refractivity contribution in [2.45, 2.75) is 12.8 Å². The van der Waals surface area contributed by atoms with Gasteiger partial charge in [-0.1, -0.05) is 0 Å². The van der Waals surface area contributed by atoms with Gasteiger partial charge in [0.25, 0.3) is 5.69 Å². The van der Waals surface area contributed by atoms with Gasteiger partial charge in [-0.25, -0.2) is 0 Å². The van der Waals surface area contributed by atoms with Crippen LogP contribution in [0.5, 0.6) is 0 Å². The number of hydrogen-bond donors (Lipinski definition) is 3. The molecule has 7 heteroatoms. The fourth-order valence-electron chi connectivity index (χ4n) is 1.33. The molecule has 0 bridgehead atoms. The third-order valence-corrected chi connectivity index (χ3v) is 2.18. The van der Waals surface area contributed by atoms with Crippen LogP contribution >= 0.6 is 12.4 Å². The zero-order valence-corrected chi connectivity index (χ0v) is 10.2. The molecule has 0 amide bonds. The summed E-state index contributed by atoms with van der Waals surface area (Å²) in [5.74, 6) is 0. The summed E-state index contributed by atoms with van der Waals surface area (Å²) in [4.78, 5) is 10.0. The summed E-state index contributed by atoms with van der Waals surface area (Å²) in [7, 11) is 0. The maximum atomic E-state index is 10.5. The molecule has 0 saturated heterocycles. The van der Waals surface area contributed by atoms with Crippen molar-refractivity contribution in [3.8, 4) is 0 Å². The number of anilines is 2. The van der Waals surface area contributed by atoms with E-state index in [2.05, 4.69) is 5.32 Å². The van der Waals surface area contributed by atoms with Crippen molar-refractivity contribution in [3.05, 3.63) is 28.3 Å². The molecule has 0 aliphatic heterocycles. The van der Waals surface area contributed by atoms with Crippen LogP contribution in [0.15, 0.2) is 18.2 Å². The lowest BCUT2D eigenvalue weighted by atomic mass is 10.2. The minimum atomic E-state index is -0.493. The molecular formula is C10H17ClN4O2. The second-order valence-corrected chi connectivity index (χ2v) is 3.45. The lowest BCUT2D eigenvalue weighted by Gasteiger charge is -2.06. The van der Waals surface area contributed by atoms with E-state index in [1.807, 2.05) is 0 Å². The standard InChI is InChI=1S/C10H16N4O2.ClH/c11-5-1-2-6-13-8-3-4-10(14(15)16)9(12)7-8;/h3-4,7,13H,1-2,5-6,11-12H2;1H. The van der Waals surface area contributed by atoms with Crippen LogP contribution < -0.4 is 16.8 Å². The van der Waals surface area contributed by atoms with E-state index in [1.54, 1.807) is 12.1 Å². The third kappa shape index (κ3) is 4.88. The van der Waals surface area contributed by atoms with Gasteiger partial charge in [-0.3, -0.25) is 10.1 Å². The molecule has 17 heavy (non-hydrogen) atoms. The number of hydrogen-bond acceptors (Lipinski definition) is 5. The van der Waals surface area contributed by atoms with Crippen LogP contribution in [-0.4, -0.2) is 18.0 Å². The summed E-state index contributed by atoms with van der Waals surface area (Å²) in [6, 6.07) is 4.62. The quantitative estimate of drug-likeness (QED) is 0.313. The van der Waals surface area contributed by atoms with Crippen LogP contribution in [0.2, 0.25) is 0 Å². The molecule has 0 atom stereocenters. The van der Waals surface area contributed by atoms with Gasteiger partial charge in [0.05, 0.1) is 4.92 Å². The number of nitrogen functional groups attached to an aromatic ring is 1. The van der Waals surface area contributed by atoms with Crippen LogP contribution in [0.4, 0.5) is 17.1 Å². The summed E-state index contributed by atoms with van der Waals surface area (Å²) in [6.45, 7) is 1.46. The molecule has 0 aromatic heterocycles. The highest BCUT2D eigenvalue weighted by Gasteiger charge is 2.10. The van der Waals surface area contributed by atoms with E-state index in [9.17, 15) is 10.1 Å². The topological polar surface area (TPSA) is 107 Å².